The van der Waals surface area contributed by atoms with E-state index in [0.29, 0.717) is 22.4 Å². The smallest absolute Gasteiger partial charge is 0.232 e. The highest BCUT2D eigenvalue weighted by Crippen LogP contribution is 2.40. The predicted octanol–water partition coefficient (Wildman–Crippen LogP) is 3.60. The van der Waals surface area contributed by atoms with Crippen LogP contribution in [0, 0.1) is 5.92 Å². The summed E-state index contributed by atoms with van der Waals surface area (Å²) in [5, 5.41) is 11.2. The van der Waals surface area contributed by atoms with Crippen LogP contribution in [0.2, 0.25) is 5.02 Å². The van der Waals surface area contributed by atoms with Gasteiger partial charge in [-0.25, -0.2) is 4.68 Å². The molecule has 1 aromatic heterocycles. The first-order valence-electron chi connectivity index (χ1n) is 8.94. The number of anilines is 2. The van der Waals surface area contributed by atoms with E-state index in [1.165, 1.54) is 6.33 Å². The maximum atomic E-state index is 13.3. The second-order valence-corrected chi connectivity index (χ2v) is 7.11. The summed E-state index contributed by atoms with van der Waals surface area (Å²) in [5.41, 5.74) is 1.56. The molecule has 0 unspecified atom stereocenters. The lowest BCUT2D eigenvalue weighted by Gasteiger charge is -2.37. The molecule has 1 aliphatic heterocycles. The lowest BCUT2D eigenvalue weighted by molar-refractivity contribution is -0.121. The number of hydrogen-bond donors (Lipinski definition) is 2. The zero-order valence-electron chi connectivity index (χ0n) is 15.5. The third-order valence-corrected chi connectivity index (χ3v) is 5.20. The van der Waals surface area contributed by atoms with E-state index in [4.69, 9.17) is 16.3 Å². The zero-order chi connectivity index (χ0) is 19.7. The Morgan fingerprint density at radius 3 is 2.71 bits per heavy atom. The van der Waals surface area contributed by atoms with Gasteiger partial charge in [0.15, 0.2) is 0 Å². The number of halogens is 1. The van der Waals surface area contributed by atoms with Crippen LogP contribution in [-0.2, 0) is 4.79 Å². The molecule has 0 saturated carbocycles. The minimum absolute atomic E-state index is 0.126. The van der Waals surface area contributed by atoms with Crippen molar-refractivity contribution in [3.8, 4) is 5.75 Å². The summed E-state index contributed by atoms with van der Waals surface area (Å²) in [5.74, 6) is 0.756. The molecule has 2 N–H and O–H groups in total. The summed E-state index contributed by atoms with van der Waals surface area (Å²) in [6, 6.07) is 14.2. The molecule has 3 aromatic rings. The van der Waals surface area contributed by atoms with Crippen LogP contribution < -0.4 is 15.4 Å². The predicted molar refractivity (Wildman–Crippen MR) is 108 cm³/mol. The normalized spacial score (nSPS) is 20.8. The Bertz CT molecular complexity index is 988. The number of amides is 1. The van der Waals surface area contributed by atoms with Gasteiger partial charge < -0.3 is 15.4 Å². The fraction of sp³-hybridized carbons (Fsp3) is 0.250. The van der Waals surface area contributed by atoms with Gasteiger partial charge in [0, 0.05) is 22.3 Å². The second-order valence-electron chi connectivity index (χ2n) is 6.67. The quantitative estimate of drug-likeness (QED) is 0.703. The number of methoxy groups -OCH3 is 1. The first kappa shape index (κ1) is 18.3. The van der Waals surface area contributed by atoms with Crippen LogP contribution in [0.1, 0.15) is 18.5 Å². The molecular weight excluding hydrogens is 378 g/mol. The summed E-state index contributed by atoms with van der Waals surface area (Å²) < 4.78 is 7.30. The maximum Gasteiger partial charge on any atom is 0.232 e. The van der Waals surface area contributed by atoms with Crippen LogP contribution in [0.15, 0.2) is 54.9 Å². The van der Waals surface area contributed by atoms with Crippen LogP contribution in [0.25, 0.3) is 0 Å². The molecule has 7 nitrogen and oxygen atoms in total. The van der Waals surface area contributed by atoms with E-state index < -0.39 is 5.92 Å². The monoisotopic (exact) mass is 397 g/mol. The van der Waals surface area contributed by atoms with Crippen molar-refractivity contribution in [1.82, 2.24) is 14.8 Å². The van der Waals surface area contributed by atoms with Gasteiger partial charge in [-0.05, 0) is 37.3 Å². The molecule has 2 aromatic carbocycles. The van der Waals surface area contributed by atoms with Crippen molar-refractivity contribution >= 4 is 29.1 Å². The Kier molecular flexibility index (Phi) is 4.92. The van der Waals surface area contributed by atoms with E-state index in [1.54, 1.807) is 36.1 Å². The average Bonchev–Trinajstić information content (AvgIpc) is 3.16. The molecule has 1 amide bonds. The van der Waals surface area contributed by atoms with Gasteiger partial charge in [-0.15, -0.1) is 0 Å². The van der Waals surface area contributed by atoms with E-state index in [9.17, 15) is 4.79 Å². The van der Waals surface area contributed by atoms with Gasteiger partial charge in [0.25, 0.3) is 0 Å². The van der Waals surface area contributed by atoms with E-state index in [1.807, 2.05) is 31.2 Å². The van der Waals surface area contributed by atoms with Crippen molar-refractivity contribution in [3.63, 3.8) is 0 Å². The van der Waals surface area contributed by atoms with Crippen LogP contribution in [-0.4, -0.2) is 33.8 Å². The lowest BCUT2D eigenvalue weighted by atomic mass is 9.85. The highest BCUT2D eigenvalue weighted by molar-refractivity contribution is 6.30. The Labute approximate surface area is 167 Å². The largest absolute Gasteiger partial charge is 0.496 e. The fourth-order valence-corrected chi connectivity index (χ4v) is 3.77. The number of ether oxygens (including phenoxy) is 1. The molecule has 8 heteroatoms. The van der Waals surface area contributed by atoms with Gasteiger partial charge in [-0.3, -0.25) is 4.79 Å². The van der Waals surface area contributed by atoms with Crippen molar-refractivity contribution in [1.29, 1.82) is 0 Å². The maximum absolute atomic E-state index is 13.3. The third kappa shape index (κ3) is 3.29. The van der Waals surface area contributed by atoms with Crippen molar-refractivity contribution in [2.45, 2.75) is 19.0 Å². The second kappa shape index (κ2) is 7.52. The molecule has 28 heavy (non-hydrogen) atoms. The summed E-state index contributed by atoms with van der Waals surface area (Å²) in [6.45, 7) is 1.96. The Morgan fingerprint density at radius 1 is 1.21 bits per heavy atom. The van der Waals surface area contributed by atoms with Gasteiger partial charge in [0.05, 0.1) is 19.1 Å². The number of nitrogens with zero attached hydrogens (tertiary/aromatic N) is 3. The van der Waals surface area contributed by atoms with Gasteiger partial charge >= 0.3 is 0 Å². The van der Waals surface area contributed by atoms with Crippen molar-refractivity contribution in [2.75, 3.05) is 17.7 Å². The number of para-hydroxylation sites is 1. The van der Waals surface area contributed by atoms with Gasteiger partial charge in [0.2, 0.25) is 11.9 Å². The van der Waals surface area contributed by atoms with Crippen molar-refractivity contribution in [2.24, 2.45) is 5.92 Å². The van der Waals surface area contributed by atoms with Gasteiger partial charge in [0.1, 0.15) is 12.1 Å². The number of hydrogen-bond acceptors (Lipinski definition) is 5. The first-order valence-corrected chi connectivity index (χ1v) is 9.31. The van der Waals surface area contributed by atoms with E-state index in [2.05, 4.69) is 20.7 Å². The van der Waals surface area contributed by atoms with Crippen molar-refractivity contribution < 1.29 is 9.53 Å². The number of rotatable bonds is 4. The molecule has 0 aliphatic carbocycles. The minimum Gasteiger partial charge on any atom is -0.496 e. The summed E-state index contributed by atoms with van der Waals surface area (Å²) in [4.78, 5) is 17.6. The lowest BCUT2D eigenvalue weighted by Crippen LogP contribution is -2.46. The van der Waals surface area contributed by atoms with E-state index >= 15 is 0 Å². The molecule has 2 heterocycles. The van der Waals surface area contributed by atoms with Crippen LogP contribution in [0.3, 0.4) is 0 Å². The van der Waals surface area contributed by atoms with E-state index in [-0.39, 0.29) is 18.0 Å². The number of aromatic nitrogens is 3. The molecule has 0 radical (unpaired) electrons. The zero-order valence-corrected chi connectivity index (χ0v) is 16.2. The molecule has 4 rings (SSSR count). The standard InChI is InChI=1S/C20H20ClN5O2/c1-12-17(19(27)25-14-9-7-13(21)8-10-14)18(26-20(24-12)22-11-23-26)15-5-3-4-6-16(15)28-2/h3-12,17-18H,1-2H3,(H,25,27)(H,22,23,24)/t12-,17+,18+/m1/s1. The van der Waals surface area contributed by atoms with Crippen LogP contribution in [0.4, 0.5) is 11.6 Å². The molecule has 0 fully saturated rings. The fourth-order valence-electron chi connectivity index (χ4n) is 3.64. The van der Waals surface area contributed by atoms with Gasteiger partial charge in [-0.2, -0.15) is 10.1 Å². The van der Waals surface area contributed by atoms with Gasteiger partial charge in [-0.1, -0.05) is 29.8 Å². The Morgan fingerprint density at radius 2 is 1.96 bits per heavy atom. The number of carbonyl (C=O) groups excluding carboxylic acids is 1. The van der Waals surface area contributed by atoms with Crippen LogP contribution in [0.5, 0.6) is 5.75 Å². The average molecular weight is 398 g/mol. The topological polar surface area (TPSA) is 81.1 Å². The molecule has 1 aliphatic rings. The number of carbonyl (C=O) groups is 1. The minimum atomic E-state index is -0.443. The Balaban J connectivity index is 1.75. The summed E-state index contributed by atoms with van der Waals surface area (Å²) in [7, 11) is 1.62. The molecular formula is C20H20ClN5O2. The Hall–Kier alpha value is -3.06. The number of nitrogens with one attached hydrogen (secondary N) is 2. The molecule has 0 saturated heterocycles. The van der Waals surface area contributed by atoms with Crippen LogP contribution >= 0.6 is 11.6 Å². The highest BCUT2D eigenvalue weighted by Gasteiger charge is 2.42. The SMILES string of the molecule is COc1ccccc1[C@H]1[C@@H](C(=O)Nc2ccc(Cl)cc2)[C@@H](C)Nc2ncnn21. The van der Waals surface area contributed by atoms with Crippen molar-refractivity contribution in [3.05, 3.63) is 65.4 Å². The molecule has 0 bridgehead atoms. The summed E-state index contributed by atoms with van der Waals surface area (Å²) >= 11 is 5.95. The highest BCUT2D eigenvalue weighted by atomic mass is 35.5. The number of fused-ring (bicyclic) bond motifs is 1. The summed E-state index contributed by atoms with van der Waals surface area (Å²) in [6.07, 6.45) is 1.48. The molecule has 3 atom stereocenters. The molecule has 144 valence electrons. The third-order valence-electron chi connectivity index (χ3n) is 4.94. The first-order chi connectivity index (χ1) is 13.6. The number of benzene rings is 2. The molecule has 0 spiro atoms. The van der Waals surface area contributed by atoms with E-state index in [0.717, 1.165) is 5.56 Å².